The van der Waals surface area contributed by atoms with Gasteiger partial charge in [-0.15, -0.1) is 0 Å². The molecule has 100 valence electrons. The highest BCUT2D eigenvalue weighted by molar-refractivity contribution is 5.47. The van der Waals surface area contributed by atoms with Crippen LogP contribution in [0.1, 0.15) is 25.3 Å². The first-order chi connectivity index (χ1) is 8.70. The van der Waals surface area contributed by atoms with Crippen LogP contribution in [0.3, 0.4) is 0 Å². The summed E-state index contributed by atoms with van der Waals surface area (Å²) in [5.41, 5.74) is 2.20. The molecule has 1 heterocycles. The van der Waals surface area contributed by atoms with E-state index < -0.39 is 0 Å². The van der Waals surface area contributed by atoms with Gasteiger partial charge in [-0.1, -0.05) is 24.6 Å². The molecule has 0 aliphatic carbocycles. The summed E-state index contributed by atoms with van der Waals surface area (Å²) in [6.07, 6.45) is 2.04. The summed E-state index contributed by atoms with van der Waals surface area (Å²) < 4.78 is 0. The Morgan fingerprint density at radius 3 is 2.72 bits per heavy atom. The molecule has 3 heteroatoms. The fourth-order valence-corrected chi connectivity index (χ4v) is 2.86. The Kier molecular flexibility index (Phi) is 4.25. The van der Waals surface area contributed by atoms with Gasteiger partial charge in [0.1, 0.15) is 0 Å². The van der Waals surface area contributed by atoms with Crippen LogP contribution in [0.2, 0.25) is 0 Å². The summed E-state index contributed by atoms with van der Waals surface area (Å²) in [6, 6.07) is 8.41. The molecule has 1 aliphatic heterocycles. The molecule has 0 amide bonds. The average molecular weight is 248 g/mol. The van der Waals surface area contributed by atoms with E-state index in [0.29, 0.717) is 5.92 Å². The summed E-state index contributed by atoms with van der Waals surface area (Å²) in [6.45, 7) is 6.43. The first-order valence-corrected chi connectivity index (χ1v) is 6.86. The van der Waals surface area contributed by atoms with Crippen molar-refractivity contribution in [2.45, 2.75) is 32.2 Å². The van der Waals surface area contributed by atoms with Crippen molar-refractivity contribution < 1.29 is 5.11 Å². The first kappa shape index (κ1) is 13.4. The summed E-state index contributed by atoms with van der Waals surface area (Å²) in [7, 11) is 0. The molecule has 1 saturated heterocycles. The number of benzene rings is 1. The van der Waals surface area contributed by atoms with E-state index in [1.807, 2.05) is 0 Å². The molecule has 1 aromatic rings. The van der Waals surface area contributed by atoms with Gasteiger partial charge in [-0.25, -0.2) is 0 Å². The second-order valence-electron chi connectivity index (χ2n) is 5.36. The van der Waals surface area contributed by atoms with Crippen LogP contribution in [0.5, 0.6) is 0 Å². The second-order valence-corrected chi connectivity index (χ2v) is 5.36. The van der Waals surface area contributed by atoms with Gasteiger partial charge in [0.25, 0.3) is 0 Å². The highest BCUT2D eigenvalue weighted by atomic mass is 16.3. The van der Waals surface area contributed by atoms with Gasteiger partial charge in [-0.3, -0.25) is 0 Å². The first-order valence-electron chi connectivity index (χ1n) is 6.86. The lowest BCUT2D eigenvalue weighted by Crippen LogP contribution is -2.57. The van der Waals surface area contributed by atoms with E-state index in [1.165, 1.54) is 5.56 Å². The predicted molar refractivity (Wildman–Crippen MR) is 75.9 cm³/mol. The zero-order valence-electron chi connectivity index (χ0n) is 11.4. The van der Waals surface area contributed by atoms with Crippen molar-refractivity contribution >= 4 is 5.69 Å². The van der Waals surface area contributed by atoms with Crippen LogP contribution in [-0.2, 0) is 0 Å². The van der Waals surface area contributed by atoms with Gasteiger partial charge in [0.05, 0.1) is 12.1 Å². The number of hydrogen-bond acceptors (Lipinski definition) is 3. The van der Waals surface area contributed by atoms with Crippen molar-refractivity contribution in [3.63, 3.8) is 0 Å². The fourth-order valence-electron chi connectivity index (χ4n) is 2.86. The molecule has 3 nitrogen and oxygen atoms in total. The molecule has 18 heavy (non-hydrogen) atoms. The van der Waals surface area contributed by atoms with Crippen LogP contribution in [0, 0.1) is 12.8 Å². The highest BCUT2D eigenvalue weighted by Crippen LogP contribution is 2.31. The topological polar surface area (TPSA) is 44.3 Å². The molecule has 1 aromatic carbocycles. The van der Waals surface area contributed by atoms with E-state index in [9.17, 15) is 5.11 Å². The van der Waals surface area contributed by atoms with E-state index in [4.69, 9.17) is 0 Å². The normalized spacial score (nSPS) is 28.1. The molecule has 2 atom stereocenters. The lowest BCUT2D eigenvalue weighted by atomic mass is 9.77. The number of hydrogen-bond donors (Lipinski definition) is 3. The monoisotopic (exact) mass is 248 g/mol. The molecule has 1 aliphatic rings. The molecule has 2 unspecified atom stereocenters. The number of aryl methyl sites for hydroxylation is 1. The highest BCUT2D eigenvalue weighted by Gasteiger charge is 2.39. The van der Waals surface area contributed by atoms with Gasteiger partial charge in [0.15, 0.2) is 0 Å². The molecular formula is C15H24N2O. The Morgan fingerprint density at radius 2 is 2.11 bits per heavy atom. The third kappa shape index (κ3) is 2.68. The molecule has 0 aromatic heterocycles. The van der Waals surface area contributed by atoms with Crippen LogP contribution in [0.15, 0.2) is 24.3 Å². The number of aliphatic hydroxyl groups excluding tert-OH is 1. The molecule has 0 radical (unpaired) electrons. The maximum atomic E-state index is 9.87. The van der Waals surface area contributed by atoms with Crippen molar-refractivity contribution in [2.24, 2.45) is 5.92 Å². The third-order valence-corrected chi connectivity index (χ3v) is 4.14. The number of nitrogens with one attached hydrogen (secondary N) is 2. The molecule has 3 N–H and O–H groups in total. The van der Waals surface area contributed by atoms with Crippen LogP contribution >= 0.6 is 0 Å². The Morgan fingerprint density at radius 1 is 1.39 bits per heavy atom. The van der Waals surface area contributed by atoms with Crippen molar-refractivity contribution in [1.82, 2.24) is 5.32 Å². The van der Waals surface area contributed by atoms with Crippen LogP contribution in [0.4, 0.5) is 5.69 Å². The Bertz CT molecular complexity index is 377. The van der Waals surface area contributed by atoms with Crippen molar-refractivity contribution in [3.8, 4) is 0 Å². The Labute approximate surface area is 110 Å². The lowest BCUT2D eigenvalue weighted by Gasteiger charge is -2.44. The predicted octanol–water partition coefficient (Wildman–Crippen LogP) is 2.16. The van der Waals surface area contributed by atoms with Gasteiger partial charge in [-0.2, -0.15) is 0 Å². The van der Waals surface area contributed by atoms with Crippen molar-refractivity contribution in [2.75, 3.05) is 25.0 Å². The maximum Gasteiger partial charge on any atom is 0.0665 e. The van der Waals surface area contributed by atoms with Gasteiger partial charge in [-0.05, 0) is 44.4 Å². The summed E-state index contributed by atoms with van der Waals surface area (Å²) in [5, 5.41) is 16.9. The zero-order valence-corrected chi connectivity index (χ0v) is 11.4. The SMILES string of the molecule is CCC1CNCCC1(CO)Nc1ccc(C)cc1. The average Bonchev–Trinajstić information content (AvgIpc) is 2.42. The maximum absolute atomic E-state index is 9.87. The largest absolute Gasteiger partial charge is 0.394 e. The van der Waals surface area contributed by atoms with Crippen LogP contribution < -0.4 is 10.6 Å². The van der Waals surface area contributed by atoms with Crippen LogP contribution in [-0.4, -0.2) is 30.3 Å². The van der Waals surface area contributed by atoms with E-state index >= 15 is 0 Å². The standard InChI is InChI=1S/C15H24N2O/c1-3-13-10-16-9-8-15(13,11-18)17-14-6-4-12(2)5-7-14/h4-7,13,16-18H,3,8-11H2,1-2H3. The number of aliphatic hydroxyl groups is 1. The molecule has 0 spiro atoms. The van der Waals surface area contributed by atoms with Gasteiger partial charge >= 0.3 is 0 Å². The Balaban J connectivity index is 2.18. The van der Waals surface area contributed by atoms with Crippen molar-refractivity contribution in [3.05, 3.63) is 29.8 Å². The molecule has 0 saturated carbocycles. The summed E-state index contributed by atoms with van der Waals surface area (Å²) in [4.78, 5) is 0. The lowest BCUT2D eigenvalue weighted by molar-refractivity contribution is 0.124. The number of anilines is 1. The summed E-state index contributed by atoms with van der Waals surface area (Å²) in [5.74, 6) is 0.470. The minimum absolute atomic E-state index is 0.171. The number of rotatable bonds is 4. The fraction of sp³-hybridized carbons (Fsp3) is 0.600. The Hall–Kier alpha value is -1.06. The van der Waals surface area contributed by atoms with Crippen molar-refractivity contribution in [1.29, 1.82) is 0 Å². The van der Waals surface area contributed by atoms with E-state index in [-0.39, 0.29) is 12.1 Å². The van der Waals surface area contributed by atoms with Gasteiger partial charge in [0, 0.05) is 12.2 Å². The molecule has 1 fully saturated rings. The molecular weight excluding hydrogens is 224 g/mol. The van der Waals surface area contributed by atoms with Crippen LogP contribution in [0.25, 0.3) is 0 Å². The molecule has 0 bridgehead atoms. The zero-order chi connectivity index (χ0) is 13.0. The minimum atomic E-state index is -0.171. The third-order valence-electron chi connectivity index (χ3n) is 4.14. The molecule has 2 rings (SSSR count). The van der Waals surface area contributed by atoms with E-state index in [1.54, 1.807) is 0 Å². The van der Waals surface area contributed by atoms with Gasteiger partial charge < -0.3 is 15.7 Å². The summed E-state index contributed by atoms with van der Waals surface area (Å²) >= 11 is 0. The smallest absolute Gasteiger partial charge is 0.0665 e. The number of piperidine rings is 1. The quantitative estimate of drug-likeness (QED) is 0.765. The van der Waals surface area contributed by atoms with E-state index in [0.717, 1.165) is 31.6 Å². The van der Waals surface area contributed by atoms with Gasteiger partial charge in [0.2, 0.25) is 0 Å². The minimum Gasteiger partial charge on any atom is -0.394 e. The van der Waals surface area contributed by atoms with E-state index in [2.05, 4.69) is 48.7 Å². The second kappa shape index (κ2) is 5.72.